The standard InChI is InChI=1S/C17H16N4O4S/c22-15(19-7-6-12-9-18-11-20-12)10-21-16(23)14(26-17(21)24)5-1-3-13-4-2-8-25-13/h1-5,8-9,11H,6-7,10H2,(H,18,20)(H,19,22). The van der Waals surface area contributed by atoms with Crippen molar-refractivity contribution in [3.8, 4) is 0 Å². The quantitative estimate of drug-likeness (QED) is 0.719. The molecule has 1 aliphatic heterocycles. The minimum absolute atomic E-state index is 0.267. The van der Waals surface area contributed by atoms with Gasteiger partial charge in [0, 0.05) is 24.9 Å². The number of carbonyl (C=O) groups is 3. The molecular weight excluding hydrogens is 356 g/mol. The van der Waals surface area contributed by atoms with E-state index in [1.54, 1.807) is 43.1 Å². The number of nitrogens with one attached hydrogen (secondary N) is 2. The summed E-state index contributed by atoms with van der Waals surface area (Å²) in [6, 6.07) is 3.52. The van der Waals surface area contributed by atoms with Crippen LogP contribution < -0.4 is 5.32 Å². The van der Waals surface area contributed by atoms with Gasteiger partial charge in [-0.2, -0.15) is 0 Å². The lowest BCUT2D eigenvalue weighted by Crippen LogP contribution is -2.40. The van der Waals surface area contributed by atoms with Crippen molar-refractivity contribution in [2.24, 2.45) is 0 Å². The van der Waals surface area contributed by atoms with Crippen molar-refractivity contribution in [3.63, 3.8) is 0 Å². The zero-order chi connectivity index (χ0) is 18.4. The molecule has 0 radical (unpaired) electrons. The molecule has 3 amide bonds. The number of amides is 3. The molecule has 1 fully saturated rings. The molecule has 1 aliphatic rings. The zero-order valence-electron chi connectivity index (χ0n) is 13.7. The van der Waals surface area contributed by atoms with Crippen LogP contribution in [0.2, 0.25) is 0 Å². The van der Waals surface area contributed by atoms with Crippen LogP contribution in [-0.4, -0.2) is 45.0 Å². The van der Waals surface area contributed by atoms with Gasteiger partial charge in [0.15, 0.2) is 0 Å². The van der Waals surface area contributed by atoms with Crippen LogP contribution in [0.15, 0.2) is 52.4 Å². The third kappa shape index (κ3) is 4.51. The molecule has 1 saturated heterocycles. The maximum atomic E-state index is 12.3. The van der Waals surface area contributed by atoms with Gasteiger partial charge in [-0.3, -0.25) is 19.3 Å². The van der Waals surface area contributed by atoms with Gasteiger partial charge in [0.1, 0.15) is 12.3 Å². The van der Waals surface area contributed by atoms with Gasteiger partial charge < -0.3 is 14.7 Å². The molecule has 0 aromatic carbocycles. The molecule has 2 aromatic rings. The SMILES string of the molecule is O=C(CN1C(=O)SC(=CC=Cc2ccco2)C1=O)NCCc1cnc[nH]1. The average Bonchev–Trinajstić information content (AvgIpc) is 3.35. The van der Waals surface area contributed by atoms with Crippen molar-refractivity contribution in [1.82, 2.24) is 20.2 Å². The highest BCUT2D eigenvalue weighted by molar-refractivity contribution is 8.18. The van der Waals surface area contributed by atoms with Crippen LogP contribution >= 0.6 is 11.8 Å². The number of rotatable bonds is 7. The van der Waals surface area contributed by atoms with Crippen LogP contribution in [0, 0.1) is 0 Å². The molecule has 2 N–H and O–H groups in total. The predicted molar refractivity (Wildman–Crippen MR) is 95.8 cm³/mol. The first kappa shape index (κ1) is 17.7. The molecule has 9 heteroatoms. The van der Waals surface area contributed by atoms with E-state index >= 15 is 0 Å². The summed E-state index contributed by atoms with van der Waals surface area (Å²) in [5.74, 6) is -0.232. The van der Waals surface area contributed by atoms with Crippen LogP contribution in [0.5, 0.6) is 0 Å². The Morgan fingerprint density at radius 2 is 2.31 bits per heavy atom. The Bertz CT molecular complexity index is 840. The second kappa shape index (κ2) is 8.34. The number of carbonyl (C=O) groups excluding carboxylic acids is 3. The fourth-order valence-electron chi connectivity index (χ4n) is 2.22. The molecule has 134 valence electrons. The number of imide groups is 1. The molecule has 0 saturated carbocycles. The van der Waals surface area contributed by atoms with Crippen LogP contribution in [-0.2, 0) is 16.0 Å². The highest BCUT2D eigenvalue weighted by Crippen LogP contribution is 2.30. The van der Waals surface area contributed by atoms with Gasteiger partial charge in [-0.25, -0.2) is 4.98 Å². The summed E-state index contributed by atoms with van der Waals surface area (Å²) in [5.41, 5.74) is 0.891. The first-order valence-electron chi connectivity index (χ1n) is 7.83. The molecule has 3 heterocycles. The predicted octanol–water partition coefficient (Wildman–Crippen LogP) is 1.95. The lowest BCUT2D eigenvalue weighted by molar-refractivity contribution is -0.129. The van der Waals surface area contributed by atoms with Crippen LogP contribution in [0.25, 0.3) is 6.08 Å². The summed E-state index contributed by atoms with van der Waals surface area (Å²) in [5, 5.41) is 2.22. The molecule has 0 unspecified atom stereocenters. The second-order valence-electron chi connectivity index (χ2n) is 5.34. The van der Waals surface area contributed by atoms with Crippen molar-refractivity contribution in [1.29, 1.82) is 0 Å². The molecule has 0 bridgehead atoms. The first-order chi connectivity index (χ1) is 12.6. The van der Waals surface area contributed by atoms with Crippen molar-refractivity contribution in [2.75, 3.05) is 13.1 Å². The monoisotopic (exact) mass is 372 g/mol. The number of allylic oxidation sites excluding steroid dienone is 2. The van der Waals surface area contributed by atoms with E-state index in [-0.39, 0.29) is 17.4 Å². The van der Waals surface area contributed by atoms with Gasteiger partial charge in [0.2, 0.25) is 5.91 Å². The van der Waals surface area contributed by atoms with E-state index in [4.69, 9.17) is 4.42 Å². The summed E-state index contributed by atoms with van der Waals surface area (Å²) in [4.78, 5) is 44.2. The Kier molecular flexibility index (Phi) is 5.69. The number of aromatic amines is 1. The van der Waals surface area contributed by atoms with Gasteiger partial charge >= 0.3 is 0 Å². The largest absolute Gasteiger partial charge is 0.465 e. The first-order valence-corrected chi connectivity index (χ1v) is 8.64. The molecular formula is C17H16N4O4S. The Hall–Kier alpha value is -3.07. The van der Waals surface area contributed by atoms with E-state index < -0.39 is 11.1 Å². The summed E-state index contributed by atoms with van der Waals surface area (Å²) in [6.07, 6.45) is 10.2. The number of hydrogen-bond acceptors (Lipinski definition) is 6. The van der Waals surface area contributed by atoms with Crippen molar-refractivity contribution >= 4 is 34.9 Å². The van der Waals surface area contributed by atoms with Crippen molar-refractivity contribution in [3.05, 3.63) is 59.4 Å². The van der Waals surface area contributed by atoms with Crippen LogP contribution in [0.3, 0.4) is 0 Å². The molecule has 8 nitrogen and oxygen atoms in total. The molecule has 3 rings (SSSR count). The van der Waals surface area contributed by atoms with Gasteiger partial charge in [0.25, 0.3) is 11.1 Å². The Morgan fingerprint density at radius 1 is 1.42 bits per heavy atom. The summed E-state index contributed by atoms with van der Waals surface area (Å²) in [6.45, 7) is 0.0891. The minimum Gasteiger partial charge on any atom is -0.465 e. The minimum atomic E-state index is -0.479. The Labute approximate surface area is 153 Å². The van der Waals surface area contributed by atoms with Crippen LogP contribution in [0.4, 0.5) is 4.79 Å². The number of furan rings is 1. The topological polar surface area (TPSA) is 108 Å². The molecule has 0 spiro atoms. The summed E-state index contributed by atoms with van der Waals surface area (Å²) < 4.78 is 5.14. The van der Waals surface area contributed by atoms with E-state index in [2.05, 4.69) is 15.3 Å². The van der Waals surface area contributed by atoms with E-state index in [9.17, 15) is 14.4 Å². The van der Waals surface area contributed by atoms with E-state index in [1.165, 1.54) is 6.08 Å². The maximum absolute atomic E-state index is 12.3. The second-order valence-corrected chi connectivity index (χ2v) is 6.33. The van der Waals surface area contributed by atoms with Crippen molar-refractivity contribution < 1.29 is 18.8 Å². The fraction of sp³-hybridized carbons (Fsp3) is 0.176. The van der Waals surface area contributed by atoms with Gasteiger partial charge in [-0.1, -0.05) is 6.08 Å². The van der Waals surface area contributed by atoms with E-state index in [0.717, 1.165) is 22.4 Å². The zero-order valence-corrected chi connectivity index (χ0v) is 14.5. The molecule has 26 heavy (non-hydrogen) atoms. The number of thioether (sulfide) groups is 1. The normalized spacial score (nSPS) is 16.2. The third-order valence-electron chi connectivity index (χ3n) is 3.50. The Morgan fingerprint density at radius 3 is 3.04 bits per heavy atom. The maximum Gasteiger partial charge on any atom is 0.294 e. The number of nitrogens with zero attached hydrogens (tertiary/aromatic N) is 2. The van der Waals surface area contributed by atoms with E-state index in [0.29, 0.717) is 18.7 Å². The van der Waals surface area contributed by atoms with Gasteiger partial charge in [-0.05, 0) is 36.0 Å². The Balaban J connectivity index is 1.50. The highest BCUT2D eigenvalue weighted by Gasteiger charge is 2.35. The van der Waals surface area contributed by atoms with E-state index in [1.807, 2.05) is 0 Å². The number of imidazole rings is 1. The molecule has 2 aromatic heterocycles. The number of aromatic nitrogens is 2. The average molecular weight is 372 g/mol. The molecule has 0 atom stereocenters. The smallest absolute Gasteiger partial charge is 0.294 e. The highest BCUT2D eigenvalue weighted by atomic mass is 32.2. The lowest BCUT2D eigenvalue weighted by Gasteiger charge is -2.12. The number of H-pyrrole nitrogens is 1. The lowest BCUT2D eigenvalue weighted by atomic mass is 10.3. The van der Waals surface area contributed by atoms with Gasteiger partial charge in [0.05, 0.1) is 17.5 Å². The fourth-order valence-corrected chi connectivity index (χ4v) is 3.01. The van der Waals surface area contributed by atoms with Gasteiger partial charge in [-0.15, -0.1) is 0 Å². The molecule has 0 aliphatic carbocycles. The van der Waals surface area contributed by atoms with Crippen LogP contribution in [0.1, 0.15) is 11.5 Å². The van der Waals surface area contributed by atoms with Crippen molar-refractivity contribution in [2.45, 2.75) is 6.42 Å². The summed E-state index contributed by atoms with van der Waals surface area (Å²) in [7, 11) is 0. The third-order valence-corrected chi connectivity index (χ3v) is 4.42. The summed E-state index contributed by atoms with van der Waals surface area (Å²) >= 11 is 0.806. The number of hydrogen-bond donors (Lipinski definition) is 2.